The zero-order valence-electron chi connectivity index (χ0n) is 16.5. The summed E-state index contributed by atoms with van der Waals surface area (Å²) in [6, 6.07) is 18.7. The first-order chi connectivity index (χ1) is 14.1. The van der Waals surface area contributed by atoms with Gasteiger partial charge in [-0.05, 0) is 49.4 Å². The third-order valence-corrected chi connectivity index (χ3v) is 5.42. The number of alkyl carbamates (subject to hydrolysis) is 1. The van der Waals surface area contributed by atoms with Crippen molar-refractivity contribution < 1.29 is 19.4 Å². The number of likely N-dealkylation sites (tertiary alicyclic amines) is 1. The Labute approximate surface area is 171 Å². The second kappa shape index (κ2) is 10.6. The molecular weight excluding hydrogens is 368 g/mol. The Kier molecular flexibility index (Phi) is 7.64. The number of rotatable bonds is 8. The normalized spacial score (nSPS) is 16.1. The lowest BCUT2D eigenvalue weighted by Crippen LogP contribution is -2.49. The summed E-state index contributed by atoms with van der Waals surface area (Å²) >= 11 is 0. The Morgan fingerprint density at radius 2 is 1.59 bits per heavy atom. The molecule has 1 aliphatic rings. The molecule has 0 saturated carbocycles. The summed E-state index contributed by atoms with van der Waals surface area (Å²) in [7, 11) is 0. The number of hydrogen-bond donors (Lipinski definition) is 2. The summed E-state index contributed by atoms with van der Waals surface area (Å²) in [6.07, 6.45) is 1.78. The molecule has 0 radical (unpaired) electrons. The Morgan fingerprint density at radius 3 is 2.17 bits per heavy atom. The van der Waals surface area contributed by atoms with Gasteiger partial charge in [-0.3, -0.25) is 0 Å². The molecule has 0 spiro atoms. The van der Waals surface area contributed by atoms with Crippen molar-refractivity contribution >= 4 is 12.1 Å². The second-order valence-electron chi connectivity index (χ2n) is 7.44. The number of carbonyl (C=O) groups excluding carboxylic acids is 1. The molecule has 3 rings (SSSR count). The lowest BCUT2D eigenvalue weighted by molar-refractivity contribution is -0.141. The summed E-state index contributed by atoms with van der Waals surface area (Å²) in [6.45, 7) is 2.75. The molecule has 1 amide bonds. The summed E-state index contributed by atoms with van der Waals surface area (Å²) in [5.41, 5.74) is 2.17. The molecule has 2 N–H and O–H groups in total. The quantitative estimate of drug-likeness (QED) is 0.716. The third-order valence-electron chi connectivity index (χ3n) is 5.42. The SMILES string of the molecule is O=C(N[C@@H](C(=O)O)C1CCN(CCc2ccccc2)CC1)OCc1ccccc1. The van der Waals surface area contributed by atoms with Crippen molar-refractivity contribution in [3.8, 4) is 0 Å². The lowest BCUT2D eigenvalue weighted by atomic mass is 9.89. The van der Waals surface area contributed by atoms with Crippen molar-refractivity contribution in [3.63, 3.8) is 0 Å². The molecule has 1 aliphatic heterocycles. The van der Waals surface area contributed by atoms with Gasteiger partial charge in [0.2, 0.25) is 0 Å². The van der Waals surface area contributed by atoms with Gasteiger partial charge in [-0.15, -0.1) is 0 Å². The smallest absolute Gasteiger partial charge is 0.408 e. The topological polar surface area (TPSA) is 78.9 Å². The number of carboxylic acids is 1. The van der Waals surface area contributed by atoms with Gasteiger partial charge >= 0.3 is 12.1 Å². The maximum atomic E-state index is 12.1. The highest BCUT2D eigenvalue weighted by atomic mass is 16.5. The van der Waals surface area contributed by atoms with E-state index in [0.29, 0.717) is 0 Å². The minimum atomic E-state index is -1.01. The molecule has 1 atom stereocenters. The summed E-state index contributed by atoms with van der Waals surface area (Å²) in [4.78, 5) is 26.2. The van der Waals surface area contributed by atoms with Crippen LogP contribution in [-0.4, -0.2) is 47.7 Å². The Morgan fingerprint density at radius 1 is 1.00 bits per heavy atom. The highest BCUT2D eigenvalue weighted by molar-refractivity contribution is 5.80. The summed E-state index contributed by atoms with van der Waals surface area (Å²) in [5, 5.41) is 12.1. The molecule has 1 saturated heterocycles. The van der Waals surface area contributed by atoms with E-state index < -0.39 is 18.1 Å². The number of benzene rings is 2. The third kappa shape index (κ3) is 6.61. The number of carbonyl (C=O) groups is 2. The zero-order chi connectivity index (χ0) is 20.5. The van der Waals surface area contributed by atoms with E-state index in [0.717, 1.165) is 44.5 Å². The average molecular weight is 396 g/mol. The standard InChI is InChI=1S/C23H28N2O4/c26-22(27)21(24-23(28)29-17-19-9-5-2-6-10-19)20-12-15-25(16-13-20)14-11-18-7-3-1-4-8-18/h1-10,20-21H,11-17H2,(H,24,28)(H,26,27)/t21-/m1/s1. The monoisotopic (exact) mass is 396 g/mol. The van der Waals surface area contributed by atoms with Crippen LogP contribution in [0.4, 0.5) is 4.79 Å². The fourth-order valence-electron chi connectivity index (χ4n) is 3.71. The molecule has 0 unspecified atom stereocenters. The van der Waals surface area contributed by atoms with E-state index in [2.05, 4.69) is 22.3 Å². The van der Waals surface area contributed by atoms with Gasteiger partial charge in [0.25, 0.3) is 0 Å². The molecule has 6 heteroatoms. The minimum Gasteiger partial charge on any atom is -0.480 e. The fraction of sp³-hybridized carbons (Fsp3) is 0.391. The number of nitrogens with zero attached hydrogens (tertiary/aromatic N) is 1. The predicted octanol–water partition coefficient (Wildman–Crippen LogP) is 3.32. The van der Waals surface area contributed by atoms with Gasteiger partial charge in [-0.25, -0.2) is 9.59 Å². The molecule has 1 heterocycles. The van der Waals surface area contributed by atoms with Crippen molar-refractivity contribution in [1.82, 2.24) is 10.2 Å². The van der Waals surface area contributed by atoms with Gasteiger partial charge in [0.15, 0.2) is 0 Å². The van der Waals surface area contributed by atoms with Crippen molar-refractivity contribution in [1.29, 1.82) is 0 Å². The number of ether oxygens (including phenoxy) is 1. The van der Waals surface area contributed by atoms with Crippen molar-refractivity contribution in [2.24, 2.45) is 5.92 Å². The van der Waals surface area contributed by atoms with E-state index >= 15 is 0 Å². The molecule has 29 heavy (non-hydrogen) atoms. The maximum absolute atomic E-state index is 12.1. The molecular formula is C23H28N2O4. The summed E-state index contributed by atoms with van der Waals surface area (Å²) in [5.74, 6) is -1.10. The number of piperidine rings is 1. The van der Waals surface area contributed by atoms with Crippen molar-refractivity contribution in [3.05, 3.63) is 71.8 Å². The van der Waals surface area contributed by atoms with Gasteiger partial charge in [-0.1, -0.05) is 60.7 Å². The van der Waals surface area contributed by atoms with E-state index in [9.17, 15) is 14.7 Å². The van der Waals surface area contributed by atoms with Crippen LogP contribution >= 0.6 is 0 Å². The van der Waals surface area contributed by atoms with E-state index in [1.54, 1.807) is 0 Å². The van der Waals surface area contributed by atoms with Crippen LogP contribution in [0.1, 0.15) is 24.0 Å². The first-order valence-corrected chi connectivity index (χ1v) is 10.1. The van der Waals surface area contributed by atoms with Crippen LogP contribution in [0.25, 0.3) is 0 Å². The largest absolute Gasteiger partial charge is 0.480 e. The number of hydrogen-bond acceptors (Lipinski definition) is 4. The van der Waals surface area contributed by atoms with E-state index in [-0.39, 0.29) is 12.5 Å². The van der Waals surface area contributed by atoms with Gasteiger partial charge in [0.05, 0.1) is 0 Å². The Hall–Kier alpha value is -2.86. The maximum Gasteiger partial charge on any atom is 0.408 e. The van der Waals surface area contributed by atoms with E-state index in [1.807, 2.05) is 48.5 Å². The van der Waals surface area contributed by atoms with Crippen molar-refractivity contribution in [2.75, 3.05) is 19.6 Å². The molecule has 0 aliphatic carbocycles. The first kappa shape index (κ1) is 20.9. The van der Waals surface area contributed by atoms with Crippen LogP contribution < -0.4 is 5.32 Å². The molecule has 6 nitrogen and oxygen atoms in total. The molecule has 154 valence electrons. The van der Waals surface area contributed by atoms with Crippen LogP contribution in [0.3, 0.4) is 0 Å². The fourth-order valence-corrected chi connectivity index (χ4v) is 3.71. The predicted molar refractivity (Wildman–Crippen MR) is 110 cm³/mol. The van der Waals surface area contributed by atoms with Gasteiger partial charge < -0.3 is 20.1 Å². The van der Waals surface area contributed by atoms with Gasteiger partial charge in [0, 0.05) is 6.54 Å². The van der Waals surface area contributed by atoms with E-state index in [1.165, 1.54) is 5.56 Å². The number of aliphatic carboxylic acids is 1. The summed E-state index contributed by atoms with van der Waals surface area (Å²) < 4.78 is 5.18. The highest BCUT2D eigenvalue weighted by Crippen LogP contribution is 2.21. The average Bonchev–Trinajstić information content (AvgIpc) is 2.76. The van der Waals surface area contributed by atoms with Crippen LogP contribution in [0.2, 0.25) is 0 Å². The number of nitrogens with one attached hydrogen (secondary N) is 1. The Bertz CT molecular complexity index is 774. The van der Waals surface area contributed by atoms with Crippen LogP contribution in [0, 0.1) is 5.92 Å². The molecule has 0 aromatic heterocycles. The number of amides is 1. The zero-order valence-corrected chi connectivity index (χ0v) is 16.5. The van der Waals surface area contributed by atoms with E-state index in [4.69, 9.17) is 4.74 Å². The minimum absolute atomic E-state index is 0.0928. The van der Waals surface area contributed by atoms with Gasteiger partial charge in [0.1, 0.15) is 12.6 Å². The molecule has 1 fully saturated rings. The van der Waals surface area contributed by atoms with Crippen LogP contribution in [0.5, 0.6) is 0 Å². The molecule has 2 aromatic carbocycles. The molecule has 0 bridgehead atoms. The van der Waals surface area contributed by atoms with Gasteiger partial charge in [-0.2, -0.15) is 0 Å². The Balaban J connectivity index is 1.43. The van der Waals surface area contributed by atoms with Crippen LogP contribution in [0.15, 0.2) is 60.7 Å². The van der Waals surface area contributed by atoms with Crippen LogP contribution in [-0.2, 0) is 22.6 Å². The highest BCUT2D eigenvalue weighted by Gasteiger charge is 2.32. The second-order valence-corrected chi connectivity index (χ2v) is 7.44. The molecule has 2 aromatic rings. The number of carboxylic acid groups (broad SMARTS) is 1. The first-order valence-electron chi connectivity index (χ1n) is 10.1. The van der Waals surface area contributed by atoms with Crippen molar-refractivity contribution in [2.45, 2.75) is 31.9 Å². The lowest BCUT2D eigenvalue weighted by Gasteiger charge is -2.34.